The Bertz CT molecular complexity index is 1010. The van der Waals surface area contributed by atoms with Crippen LogP contribution in [0.1, 0.15) is 23.7 Å². The van der Waals surface area contributed by atoms with Crippen LogP contribution in [0, 0.1) is 0 Å². The van der Waals surface area contributed by atoms with Crippen LogP contribution >= 0.6 is 11.8 Å². The second-order valence-corrected chi connectivity index (χ2v) is 7.18. The zero-order chi connectivity index (χ0) is 21.3. The minimum Gasteiger partial charge on any atom is -0.462 e. The summed E-state index contributed by atoms with van der Waals surface area (Å²) in [4.78, 5) is 24.4. The van der Waals surface area contributed by atoms with Crippen LogP contribution in [0.3, 0.4) is 0 Å². The van der Waals surface area contributed by atoms with Crippen LogP contribution in [-0.2, 0) is 16.1 Å². The molecule has 0 aliphatic rings. The van der Waals surface area contributed by atoms with Gasteiger partial charge >= 0.3 is 5.97 Å². The molecule has 1 amide bonds. The first kappa shape index (κ1) is 21.4. The minimum atomic E-state index is -0.412. The highest BCUT2D eigenvalue weighted by Crippen LogP contribution is 2.24. The van der Waals surface area contributed by atoms with Crippen molar-refractivity contribution >= 4 is 29.3 Å². The number of ether oxygens (including phenoxy) is 1. The van der Waals surface area contributed by atoms with Crippen LogP contribution in [0.4, 0.5) is 5.69 Å². The van der Waals surface area contributed by atoms with Crippen LogP contribution < -0.4 is 5.32 Å². The van der Waals surface area contributed by atoms with E-state index in [1.807, 2.05) is 11.5 Å². The molecule has 9 heteroatoms. The lowest BCUT2D eigenvalue weighted by molar-refractivity contribution is -0.113. The third kappa shape index (κ3) is 5.38. The Morgan fingerprint density at radius 3 is 2.90 bits per heavy atom. The van der Waals surface area contributed by atoms with E-state index in [-0.39, 0.29) is 11.7 Å². The fourth-order valence-corrected chi connectivity index (χ4v) is 3.35. The summed E-state index contributed by atoms with van der Waals surface area (Å²) in [6, 6.07) is 10.2. The number of furan rings is 1. The van der Waals surface area contributed by atoms with Crippen LogP contribution in [0.5, 0.6) is 0 Å². The summed E-state index contributed by atoms with van der Waals surface area (Å²) in [5.41, 5.74) is 0.915. The maximum Gasteiger partial charge on any atom is 0.338 e. The van der Waals surface area contributed by atoms with Gasteiger partial charge in [0.05, 0.1) is 24.2 Å². The van der Waals surface area contributed by atoms with Gasteiger partial charge in [-0.3, -0.25) is 9.36 Å². The summed E-state index contributed by atoms with van der Waals surface area (Å²) in [6.07, 6.45) is 4.04. The topological polar surface area (TPSA) is 99.2 Å². The SMILES string of the molecule is C=CCn1c(SCC(=O)Nc2cccc(C(=O)OCCC)c2)nnc1-c1ccco1. The Kier molecular flexibility index (Phi) is 7.45. The zero-order valence-electron chi connectivity index (χ0n) is 16.5. The number of nitrogens with one attached hydrogen (secondary N) is 1. The van der Waals surface area contributed by atoms with Gasteiger partial charge in [-0.1, -0.05) is 30.8 Å². The Balaban J connectivity index is 1.63. The van der Waals surface area contributed by atoms with Gasteiger partial charge in [-0.15, -0.1) is 16.8 Å². The highest BCUT2D eigenvalue weighted by atomic mass is 32.2. The van der Waals surface area contributed by atoms with E-state index in [4.69, 9.17) is 9.15 Å². The molecule has 3 rings (SSSR count). The zero-order valence-corrected chi connectivity index (χ0v) is 17.4. The lowest BCUT2D eigenvalue weighted by Gasteiger charge is -2.08. The number of carbonyl (C=O) groups is 2. The molecule has 0 radical (unpaired) electrons. The summed E-state index contributed by atoms with van der Waals surface area (Å²) in [5.74, 6) is 0.642. The molecule has 0 atom stereocenters. The van der Waals surface area contributed by atoms with E-state index in [1.54, 1.807) is 48.7 Å². The van der Waals surface area contributed by atoms with Gasteiger partial charge < -0.3 is 14.5 Å². The van der Waals surface area contributed by atoms with Gasteiger partial charge in [0, 0.05) is 12.2 Å². The molecular weight excluding hydrogens is 404 g/mol. The van der Waals surface area contributed by atoms with E-state index in [0.717, 1.165) is 6.42 Å². The van der Waals surface area contributed by atoms with Gasteiger partial charge in [0.15, 0.2) is 10.9 Å². The summed E-state index contributed by atoms with van der Waals surface area (Å²) < 4.78 is 12.3. The molecular formula is C21H22N4O4S. The number of hydrogen-bond acceptors (Lipinski definition) is 7. The van der Waals surface area contributed by atoms with Crippen LogP contribution in [0.2, 0.25) is 0 Å². The molecule has 8 nitrogen and oxygen atoms in total. The average molecular weight is 426 g/mol. The van der Waals surface area contributed by atoms with Crippen molar-refractivity contribution in [3.05, 3.63) is 60.9 Å². The molecule has 1 aromatic carbocycles. The van der Waals surface area contributed by atoms with Crippen LogP contribution in [0.25, 0.3) is 11.6 Å². The molecule has 0 fully saturated rings. The van der Waals surface area contributed by atoms with Gasteiger partial charge in [-0.2, -0.15) is 0 Å². The average Bonchev–Trinajstić information content (AvgIpc) is 3.41. The molecule has 30 heavy (non-hydrogen) atoms. The molecule has 0 saturated carbocycles. The quantitative estimate of drug-likeness (QED) is 0.297. The smallest absolute Gasteiger partial charge is 0.338 e. The van der Waals surface area contributed by atoms with Crippen molar-refractivity contribution in [2.24, 2.45) is 0 Å². The Morgan fingerprint density at radius 2 is 2.17 bits per heavy atom. The number of anilines is 1. The number of esters is 1. The fourth-order valence-electron chi connectivity index (χ4n) is 2.61. The Morgan fingerprint density at radius 1 is 1.30 bits per heavy atom. The van der Waals surface area contributed by atoms with Crippen LogP contribution in [0.15, 0.2) is 64.9 Å². The number of carbonyl (C=O) groups excluding carboxylic acids is 2. The predicted octanol–water partition coefficient (Wildman–Crippen LogP) is 4.02. The first-order valence-electron chi connectivity index (χ1n) is 9.40. The van der Waals surface area contributed by atoms with E-state index in [9.17, 15) is 9.59 Å². The highest BCUT2D eigenvalue weighted by molar-refractivity contribution is 7.99. The molecule has 0 unspecified atom stereocenters. The number of aromatic nitrogens is 3. The standard InChI is InChI=1S/C21H22N4O4S/c1-3-10-25-19(17-9-6-12-28-17)23-24-21(25)30-14-18(26)22-16-8-5-7-15(13-16)20(27)29-11-4-2/h3,5-9,12-13H,1,4,10-11,14H2,2H3,(H,22,26). The fraction of sp³-hybridized carbons (Fsp3) is 0.238. The Labute approximate surface area is 178 Å². The third-order valence-electron chi connectivity index (χ3n) is 3.92. The normalized spacial score (nSPS) is 10.6. The van der Waals surface area contributed by atoms with Crippen LogP contribution in [-0.4, -0.2) is 39.0 Å². The van der Waals surface area contributed by atoms with E-state index < -0.39 is 5.97 Å². The lowest BCUT2D eigenvalue weighted by Crippen LogP contribution is -2.15. The number of nitrogens with zero attached hydrogens (tertiary/aromatic N) is 3. The molecule has 0 aliphatic carbocycles. The van der Waals surface area contributed by atoms with Crippen molar-refractivity contribution in [2.75, 3.05) is 17.7 Å². The third-order valence-corrected chi connectivity index (χ3v) is 4.89. The lowest BCUT2D eigenvalue weighted by atomic mass is 10.2. The second kappa shape index (κ2) is 10.4. The summed E-state index contributed by atoms with van der Waals surface area (Å²) in [5, 5.41) is 11.7. The number of amides is 1. The van der Waals surface area contributed by atoms with Gasteiger partial charge in [0.1, 0.15) is 0 Å². The molecule has 0 bridgehead atoms. The maximum absolute atomic E-state index is 12.4. The van der Waals surface area contributed by atoms with Gasteiger partial charge in [0.25, 0.3) is 0 Å². The summed E-state index contributed by atoms with van der Waals surface area (Å²) in [6.45, 7) is 6.52. The van der Waals surface area contributed by atoms with E-state index in [0.29, 0.717) is 41.1 Å². The molecule has 0 aliphatic heterocycles. The molecule has 3 aromatic rings. The van der Waals surface area contributed by atoms with E-state index in [1.165, 1.54) is 11.8 Å². The molecule has 2 aromatic heterocycles. The first-order chi connectivity index (χ1) is 14.6. The number of benzene rings is 1. The second-order valence-electron chi connectivity index (χ2n) is 6.24. The van der Waals surface area contributed by atoms with Crippen molar-refractivity contribution in [3.8, 4) is 11.6 Å². The molecule has 1 N–H and O–H groups in total. The number of hydrogen-bond donors (Lipinski definition) is 1. The van der Waals surface area contributed by atoms with Crippen molar-refractivity contribution in [1.82, 2.24) is 14.8 Å². The predicted molar refractivity (Wildman–Crippen MR) is 114 cm³/mol. The van der Waals surface area contributed by atoms with Gasteiger partial charge in [-0.05, 0) is 36.8 Å². The molecule has 0 saturated heterocycles. The van der Waals surface area contributed by atoms with Crippen molar-refractivity contribution in [3.63, 3.8) is 0 Å². The van der Waals surface area contributed by atoms with Crippen molar-refractivity contribution in [2.45, 2.75) is 25.0 Å². The Hall–Kier alpha value is -3.33. The van der Waals surface area contributed by atoms with E-state index in [2.05, 4.69) is 22.1 Å². The molecule has 0 spiro atoms. The van der Waals surface area contributed by atoms with Gasteiger partial charge in [0.2, 0.25) is 11.7 Å². The van der Waals surface area contributed by atoms with Gasteiger partial charge in [-0.25, -0.2) is 4.79 Å². The number of rotatable bonds is 10. The number of thioether (sulfide) groups is 1. The highest BCUT2D eigenvalue weighted by Gasteiger charge is 2.17. The first-order valence-corrected chi connectivity index (χ1v) is 10.4. The number of allylic oxidation sites excluding steroid dienone is 1. The maximum atomic E-state index is 12.4. The van der Waals surface area contributed by atoms with Crippen molar-refractivity contribution in [1.29, 1.82) is 0 Å². The molecule has 2 heterocycles. The summed E-state index contributed by atoms with van der Waals surface area (Å²) >= 11 is 1.25. The largest absolute Gasteiger partial charge is 0.462 e. The molecule has 156 valence electrons. The minimum absolute atomic E-state index is 0.123. The summed E-state index contributed by atoms with van der Waals surface area (Å²) in [7, 11) is 0. The van der Waals surface area contributed by atoms with Crippen molar-refractivity contribution < 1.29 is 18.7 Å². The van der Waals surface area contributed by atoms with E-state index >= 15 is 0 Å². The monoisotopic (exact) mass is 426 g/mol.